The summed E-state index contributed by atoms with van der Waals surface area (Å²) in [6.07, 6.45) is 9.78. The molecule has 2 unspecified atom stereocenters. The lowest BCUT2D eigenvalue weighted by Crippen LogP contribution is -2.47. The molecule has 1 saturated heterocycles. The summed E-state index contributed by atoms with van der Waals surface area (Å²) in [5, 5.41) is 3.98. The topological polar surface area (TPSA) is 116 Å². The average molecular weight is 448 g/mol. The number of ether oxygens (including phenoxy) is 1. The minimum Gasteiger partial charge on any atom is -0.378 e. The van der Waals surface area contributed by atoms with Crippen LogP contribution in [0.25, 0.3) is 12.2 Å². The van der Waals surface area contributed by atoms with Crippen molar-refractivity contribution in [3.8, 4) is 0 Å². The summed E-state index contributed by atoms with van der Waals surface area (Å²) in [6, 6.07) is 9.59. The number of aromatic amines is 3. The number of morpholine rings is 1. The largest absolute Gasteiger partial charge is 0.378 e. The number of nitrogens with zero attached hydrogens (tertiary/aromatic N) is 1. The zero-order valence-corrected chi connectivity index (χ0v) is 18.5. The quantitative estimate of drug-likeness (QED) is 0.426. The van der Waals surface area contributed by atoms with Crippen LogP contribution in [0.4, 0.5) is 0 Å². The van der Waals surface area contributed by atoms with Crippen molar-refractivity contribution in [2.24, 2.45) is 5.92 Å². The standard InChI is InChI=1S/C25H29N5O3/c31-24-20(12-17-4-2-1-3-5-17)29-25(32)21(30-24)13-19-23(28-15-27-19)18(9-8-16-6-7-16)22-14-33-11-10-26-22/h1-5,12-13,15-16,18,22,26H,6-11,14H2,(H,27,28)(H,29,32)(H,30,31)/b20-12-,21-13-. The Hall–Kier alpha value is -3.23. The fourth-order valence-corrected chi connectivity index (χ4v) is 4.49. The predicted octanol–water partition coefficient (Wildman–Crippen LogP) is 0.706. The van der Waals surface area contributed by atoms with Gasteiger partial charge in [-0.25, -0.2) is 4.98 Å². The highest BCUT2D eigenvalue weighted by Gasteiger charge is 2.31. The molecule has 0 radical (unpaired) electrons. The first-order chi connectivity index (χ1) is 16.2. The molecule has 2 fully saturated rings. The molecule has 5 rings (SSSR count). The van der Waals surface area contributed by atoms with Gasteiger partial charge in [0.05, 0.1) is 25.2 Å². The minimum absolute atomic E-state index is 0.185. The van der Waals surface area contributed by atoms with Gasteiger partial charge in [0.1, 0.15) is 10.7 Å². The molecule has 0 amide bonds. The molecule has 2 aromatic heterocycles. The molecule has 3 heterocycles. The summed E-state index contributed by atoms with van der Waals surface area (Å²) in [5.41, 5.74) is 1.77. The first-order valence-corrected chi connectivity index (χ1v) is 11.6. The van der Waals surface area contributed by atoms with Crippen LogP contribution in [0.2, 0.25) is 0 Å². The van der Waals surface area contributed by atoms with Crippen LogP contribution >= 0.6 is 0 Å². The summed E-state index contributed by atoms with van der Waals surface area (Å²) in [7, 11) is 0. The summed E-state index contributed by atoms with van der Waals surface area (Å²) in [4.78, 5) is 38.6. The number of H-pyrrole nitrogens is 3. The maximum absolute atomic E-state index is 12.8. The smallest absolute Gasteiger partial charge is 0.272 e. The molecule has 1 saturated carbocycles. The molecule has 1 aliphatic heterocycles. The van der Waals surface area contributed by atoms with E-state index in [-0.39, 0.29) is 33.8 Å². The van der Waals surface area contributed by atoms with Gasteiger partial charge in [-0.1, -0.05) is 43.2 Å². The minimum atomic E-state index is -0.362. The van der Waals surface area contributed by atoms with E-state index in [2.05, 4.69) is 25.3 Å². The van der Waals surface area contributed by atoms with Crippen molar-refractivity contribution in [1.29, 1.82) is 0 Å². The Labute approximate surface area is 190 Å². The summed E-state index contributed by atoms with van der Waals surface area (Å²) >= 11 is 0. The zero-order chi connectivity index (χ0) is 22.6. The summed E-state index contributed by atoms with van der Waals surface area (Å²) in [6.45, 7) is 2.19. The highest BCUT2D eigenvalue weighted by molar-refractivity contribution is 5.49. The van der Waals surface area contributed by atoms with Crippen LogP contribution in [-0.2, 0) is 4.74 Å². The highest BCUT2D eigenvalue weighted by Crippen LogP contribution is 2.38. The molecule has 172 valence electrons. The number of imidazole rings is 1. The van der Waals surface area contributed by atoms with Crippen LogP contribution in [0.3, 0.4) is 0 Å². The molecule has 4 N–H and O–H groups in total. The van der Waals surface area contributed by atoms with Gasteiger partial charge < -0.3 is 25.0 Å². The third kappa shape index (κ3) is 5.23. The van der Waals surface area contributed by atoms with Crippen molar-refractivity contribution in [3.05, 3.63) is 85.0 Å². The van der Waals surface area contributed by atoms with Crippen LogP contribution < -0.4 is 27.1 Å². The second-order valence-corrected chi connectivity index (χ2v) is 8.90. The number of benzene rings is 1. The van der Waals surface area contributed by atoms with Crippen LogP contribution in [0, 0.1) is 5.92 Å². The molecule has 0 bridgehead atoms. The normalized spacial score (nSPS) is 20.8. The van der Waals surface area contributed by atoms with E-state index in [1.54, 1.807) is 18.5 Å². The Morgan fingerprint density at radius 2 is 1.82 bits per heavy atom. The summed E-state index contributed by atoms with van der Waals surface area (Å²) < 4.78 is 5.73. The zero-order valence-electron chi connectivity index (χ0n) is 18.5. The Morgan fingerprint density at radius 1 is 1.06 bits per heavy atom. The average Bonchev–Trinajstić information content (AvgIpc) is 3.56. The molecular weight excluding hydrogens is 418 g/mol. The lowest BCUT2D eigenvalue weighted by atomic mass is 9.89. The van der Waals surface area contributed by atoms with E-state index >= 15 is 0 Å². The van der Waals surface area contributed by atoms with Gasteiger partial charge >= 0.3 is 0 Å². The molecular formula is C25H29N5O3. The first-order valence-electron chi connectivity index (χ1n) is 11.6. The predicted molar refractivity (Wildman–Crippen MR) is 126 cm³/mol. The lowest BCUT2D eigenvalue weighted by molar-refractivity contribution is 0.0658. The molecule has 8 nitrogen and oxygen atoms in total. The molecule has 8 heteroatoms. The first kappa shape index (κ1) is 21.6. The van der Waals surface area contributed by atoms with Gasteiger partial charge in [-0.3, -0.25) is 9.59 Å². The second-order valence-electron chi connectivity index (χ2n) is 8.90. The van der Waals surface area contributed by atoms with Crippen LogP contribution in [0.15, 0.2) is 46.2 Å². The number of hydrogen-bond acceptors (Lipinski definition) is 5. The fourth-order valence-electron chi connectivity index (χ4n) is 4.49. The van der Waals surface area contributed by atoms with Crippen molar-refractivity contribution < 1.29 is 4.74 Å². The van der Waals surface area contributed by atoms with E-state index in [0.29, 0.717) is 12.3 Å². The van der Waals surface area contributed by atoms with Gasteiger partial charge in [0.15, 0.2) is 0 Å². The van der Waals surface area contributed by atoms with E-state index in [1.807, 2.05) is 30.3 Å². The van der Waals surface area contributed by atoms with E-state index in [1.165, 1.54) is 19.3 Å². The Kier molecular flexibility index (Phi) is 6.37. The van der Waals surface area contributed by atoms with Crippen LogP contribution in [-0.4, -0.2) is 45.7 Å². The van der Waals surface area contributed by atoms with Gasteiger partial charge in [0.2, 0.25) is 0 Å². The number of hydrogen-bond donors (Lipinski definition) is 4. The fraction of sp³-hybridized carbons (Fsp3) is 0.400. The van der Waals surface area contributed by atoms with E-state index < -0.39 is 0 Å². The third-order valence-corrected chi connectivity index (χ3v) is 6.47. The van der Waals surface area contributed by atoms with Gasteiger partial charge in [0, 0.05) is 24.2 Å². The maximum atomic E-state index is 12.8. The molecule has 33 heavy (non-hydrogen) atoms. The van der Waals surface area contributed by atoms with Gasteiger partial charge in [-0.15, -0.1) is 0 Å². The SMILES string of the molecule is O=c1[nH]/c(=C\c2nc[nH]c2C(CCC2CC2)C2COCCN2)c(=O)[nH]/c1=C\c1ccccc1. The van der Waals surface area contributed by atoms with Crippen molar-refractivity contribution in [2.45, 2.75) is 37.6 Å². The van der Waals surface area contributed by atoms with Crippen molar-refractivity contribution >= 4 is 12.2 Å². The van der Waals surface area contributed by atoms with Crippen molar-refractivity contribution in [1.82, 2.24) is 25.3 Å². The van der Waals surface area contributed by atoms with Gasteiger partial charge in [-0.2, -0.15) is 0 Å². The number of rotatable bonds is 7. The molecule has 2 atom stereocenters. The van der Waals surface area contributed by atoms with E-state index in [9.17, 15) is 9.59 Å². The van der Waals surface area contributed by atoms with Crippen molar-refractivity contribution in [3.63, 3.8) is 0 Å². The monoisotopic (exact) mass is 447 g/mol. The number of aromatic nitrogens is 4. The number of nitrogens with one attached hydrogen (secondary N) is 4. The van der Waals surface area contributed by atoms with Gasteiger partial charge in [-0.05, 0) is 36.5 Å². The van der Waals surface area contributed by atoms with Crippen LogP contribution in [0.1, 0.15) is 48.6 Å². The third-order valence-electron chi connectivity index (χ3n) is 6.47. The van der Waals surface area contributed by atoms with Crippen molar-refractivity contribution in [2.75, 3.05) is 19.8 Å². The molecule has 3 aromatic rings. The van der Waals surface area contributed by atoms with Crippen LogP contribution in [0.5, 0.6) is 0 Å². The molecule has 2 aliphatic rings. The Morgan fingerprint density at radius 3 is 2.52 bits per heavy atom. The maximum Gasteiger partial charge on any atom is 0.272 e. The van der Waals surface area contributed by atoms with Gasteiger partial charge in [0.25, 0.3) is 11.1 Å². The molecule has 1 aliphatic carbocycles. The van der Waals surface area contributed by atoms with E-state index in [4.69, 9.17) is 4.74 Å². The molecule has 0 spiro atoms. The second kappa shape index (κ2) is 9.72. The Balaban J connectivity index is 1.49. The van der Waals surface area contributed by atoms with E-state index in [0.717, 1.165) is 36.7 Å². The highest BCUT2D eigenvalue weighted by atomic mass is 16.5. The summed E-state index contributed by atoms with van der Waals surface area (Å²) in [5.74, 6) is 1.01. The lowest BCUT2D eigenvalue weighted by Gasteiger charge is -2.31. The molecule has 1 aromatic carbocycles. The Bertz CT molecular complexity index is 1310.